The lowest BCUT2D eigenvalue weighted by atomic mass is 9.72. The highest BCUT2D eigenvalue weighted by Gasteiger charge is 2.43. The molecule has 0 saturated heterocycles. The average Bonchev–Trinajstić information content (AvgIpc) is 2.86. The molecule has 2 aromatic rings. The molecule has 0 radical (unpaired) electrons. The highest BCUT2D eigenvalue weighted by Crippen LogP contribution is 2.47. The van der Waals surface area contributed by atoms with Crippen LogP contribution in [0.4, 0.5) is 26.3 Å². The van der Waals surface area contributed by atoms with E-state index in [9.17, 15) is 17.6 Å². The van der Waals surface area contributed by atoms with Crippen LogP contribution < -0.4 is 4.74 Å². The Balaban J connectivity index is 1.25. The van der Waals surface area contributed by atoms with Crippen LogP contribution in [0.5, 0.6) is 5.75 Å². The second-order valence-corrected chi connectivity index (χ2v) is 11.0. The largest absolute Gasteiger partial charge is 0.573 e. The SMILES string of the molecule is CCCc1ccc(C2CCC(C(F)(F)CC3CCC(c4ccc(OC(F)(F)F)c(F)c4)CC3)CC2)cc1. The summed E-state index contributed by atoms with van der Waals surface area (Å²) in [4.78, 5) is 0. The average molecular weight is 527 g/mol. The number of ether oxygens (including phenoxy) is 1. The molecule has 0 aromatic heterocycles. The summed E-state index contributed by atoms with van der Waals surface area (Å²) in [5.74, 6) is -4.98. The molecule has 2 aromatic carbocycles. The lowest BCUT2D eigenvalue weighted by Gasteiger charge is -2.37. The molecule has 0 heterocycles. The van der Waals surface area contributed by atoms with E-state index in [4.69, 9.17) is 0 Å². The van der Waals surface area contributed by atoms with E-state index >= 15 is 8.78 Å². The van der Waals surface area contributed by atoms with Crippen molar-refractivity contribution in [1.82, 2.24) is 0 Å². The third-order valence-electron chi connectivity index (χ3n) is 8.37. The molecule has 1 nitrogen and oxygen atoms in total. The number of alkyl halides is 5. The van der Waals surface area contributed by atoms with Crippen LogP contribution in [0.2, 0.25) is 0 Å². The summed E-state index contributed by atoms with van der Waals surface area (Å²) in [6.07, 6.45) is 2.22. The van der Waals surface area contributed by atoms with Crippen molar-refractivity contribution >= 4 is 0 Å². The van der Waals surface area contributed by atoms with Crippen LogP contribution in [0.1, 0.15) is 99.7 Å². The first-order chi connectivity index (χ1) is 17.5. The lowest BCUT2D eigenvalue weighted by Crippen LogP contribution is -2.34. The normalized spacial score (nSPS) is 25.2. The van der Waals surface area contributed by atoms with Gasteiger partial charge in [0.2, 0.25) is 0 Å². The van der Waals surface area contributed by atoms with Gasteiger partial charge in [-0.3, -0.25) is 0 Å². The molecule has 4 rings (SSSR count). The van der Waals surface area contributed by atoms with Gasteiger partial charge in [0.1, 0.15) is 0 Å². The first-order valence-electron chi connectivity index (χ1n) is 13.6. The number of rotatable bonds is 8. The number of hydrogen-bond acceptors (Lipinski definition) is 1. The van der Waals surface area contributed by atoms with E-state index in [1.54, 1.807) is 0 Å². The predicted octanol–water partition coefficient (Wildman–Crippen LogP) is 9.95. The summed E-state index contributed by atoms with van der Waals surface area (Å²) < 4.78 is 85.4. The molecule has 2 saturated carbocycles. The van der Waals surface area contributed by atoms with Crippen LogP contribution in [0, 0.1) is 17.7 Å². The van der Waals surface area contributed by atoms with Gasteiger partial charge in [-0.2, -0.15) is 0 Å². The molecule has 7 heteroatoms. The minimum absolute atomic E-state index is 0.0431. The Kier molecular flexibility index (Phi) is 8.80. The summed E-state index contributed by atoms with van der Waals surface area (Å²) in [6, 6.07) is 12.2. The highest BCUT2D eigenvalue weighted by atomic mass is 19.4. The smallest absolute Gasteiger partial charge is 0.403 e. The molecule has 0 aliphatic heterocycles. The van der Waals surface area contributed by atoms with Crippen molar-refractivity contribution in [2.75, 3.05) is 0 Å². The van der Waals surface area contributed by atoms with Gasteiger partial charge in [0, 0.05) is 12.3 Å². The van der Waals surface area contributed by atoms with Gasteiger partial charge in [0.15, 0.2) is 11.6 Å². The second-order valence-electron chi connectivity index (χ2n) is 11.0. The van der Waals surface area contributed by atoms with Crippen molar-refractivity contribution in [2.24, 2.45) is 11.8 Å². The van der Waals surface area contributed by atoms with Crippen molar-refractivity contribution in [3.8, 4) is 5.75 Å². The highest BCUT2D eigenvalue weighted by molar-refractivity contribution is 5.32. The molecule has 0 unspecified atom stereocenters. The van der Waals surface area contributed by atoms with Crippen LogP contribution >= 0.6 is 0 Å². The van der Waals surface area contributed by atoms with Gasteiger partial charge in [-0.1, -0.05) is 43.7 Å². The van der Waals surface area contributed by atoms with Crippen molar-refractivity contribution in [1.29, 1.82) is 0 Å². The molecule has 2 aliphatic rings. The summed E-state index contributed by atoms with van der Waals surface area (Å²) in [7, 11) is 0. The maximum atomic E-state index is 15.3. The van der Waals surface area contributed by atoms with E-state index in [-0.39, 0.29) is 18.3 Å². The Morgan fingerprint density at radius 2 is 1.32 bits per heavy atom. The fourth-order valence-electron chi connectivity index (χ4n) is 6.32. The van der Waals surface area contributed by atoms with Crippen LogP contribution in [0.25, 0.3) is 0 Å². The molecule has 0 atom stereocenters. The molecule has 2 fully saturated rings. The van der Waals surface area contributed by atoms with Gasteiger partial charge < -0.3 is 4.74 Å². The van der Waals surface area contributed by atoms with E-state index in [0.29, 0.717) is 50.0 Å². The first kappa shape index (κ1) is 27.8. The van der Waals surface area contributed by atoms with Crippen LogP contribution in [0.15, 0.2) is 42.5 Å². The van der Waals surface area contributed by atoms with Crippen molar-refractivity contribution in [3.63, 3.8) is 0 Å². The Morgan fingerprint density at radius 1 is 0.757 bits per heavy atom. The number of halogens is 6. The monoisotopic (exact) mass is 526 g/mol. The summed E-state index contributed by atoms with van der Waals surface area (Å²) in [5, 5.41) is 0. The molecular formula is C30H36F6O. The number of aryl methyl sites for hydroxylation is 1. The number of hydrogen-bond donors (Lipinski definition) is 0. The molecule has 2 aliphatic carbocycles. The Bertz CT molecular complexity index is 1000. The zero-order valence-corrected chi connectivity index (χ0v) is 21.3. The molecule has 204 valence electrons. The van der Waals surface area contributed by atoms with E-state index < -0.39 is 29.8 Å². The Hall–Kier alpha value is -2.18. The maximum Gasteiger partial charge on any atom is 0.573 e. The first-order valence-corrected chi connectivity index (χ1v) is 13.6. The molecule has 0 spiro atoms. The molecule has 0 amide bonds. The van der Waals surface area contributed by atoms with E-state index in [0.717, 1.165) is 37.8 Å². The predicted molar refractivity (Wildman–Crippen MR) is 132 cm³/mol. The van der Waals surface area contributed by atoms with Crippen LogP contribution in [-0.2, 0) is 6.42 Å². The van der Waals surface area contributed by atoms with Gasteiger partial charge in [-0.05, 0) is 104 Å². The molecule has 37 heavy (non-hydrogen) atoms. The summed E-state index contributed by atoms with van der Waals surface area (Å²) in [6.45, 7) is 2.15. The Labute approximate surface area is 215 Å². The van der Waals surface area contributed by atoms with Gasteiger partial charge in [0.25, 0.3) is 5.92 Å². The van der Waals surface area contributed by atoms with Gasteiger partial charge in [-0.25, -0.2) is 13.2 Å². The Morgan fingerprint density at radius 3 is 1.89 bits per heavy atom. The van der Waals surface area contributed by atoms with E-state index in [1.807, 2.05) is 0 Å². The van der Waals surface area contributed by atoms with E-state index in [1.165, 1.54) is 17.2 Å². The second kappa shape index (κ2) is 11.7. The third-order valence-corrected chi connectivity index (χ3v) is 8.37. The fourth-order valence-corrected chi connectivity index (χ4v) is 6.32. The molecular weight excluding hydrogens is 490 g/mol. The zero-order valence-electron chi connectivity index (χ0n) is 21.3. The minimum atomic E-state index is -4.95. The fraction of sp³-hybridized carbons (Fsp3) is 0.600. The van der Waals surface area contributed by atoms with Crippen molar-refractivity contribution in [3.05, 3.63) is 65.0 Å². The molecule has 0 N–H and O–H groups in total. The topological polar surface area (TPSA) is 9.23 Å². The summed E-state index contributed by atoms with van der Waals surface area (Å²) >= 11 is 0. The van der Waals surface area contributed by atoms with Gasteiger partial charge >= 0.3 is 6.36 Å². The van der Waals surface area contributed by atoms with E-state index in [2.05, 4.69) is 35.9 Å². The van der Waals surface area contributed by atoms with Crippen molar-refractivity contribution < 1.29 is 31.1 Å². The van der Waals surface area contributed by atoms with Gasteiger partial charge in [-0.15, -0.1) is 13.2 Å². The quantitative estimate of drug-likeness (QED) is 0.311. The lowest BCUT2D eigenvalue weighted by molar-refractivity contribution is -0.275. The maximum absolute atomic E-state index is 15.3. The van der Waals surface area contributed by atoms with Crippen LogP contribution in [-0.4, -0.2) is 12.3 Å². The number of benzene rings is 2. The zero-order chi connectivity index (χ0) is 26.6. The van der Waals surface area contributed by atoms with Crippen molar-refractivity contribution in [2.45, 2.75) is 102 Å². The summed E-state index contributed by atoms with van der Waals surface area (Å²) in [5.41, 5.74) is 3.17. The molecule has 0 bridgehead atoms. The van der Waals surface area contributed by atoms with Gasteiger partial charge in [0.05, 0.1) is 0 Å². The standard InChI is InChI=1S/C30H36F6O/c1-2-3-20-4-8-22(9-5-20)23-12-15-26(16-13-23)29(32,33)19-21-6-10-24(11-7-21)25-14-17-28(27(31)18-25)37-30(34,35)36/h4-5,8-9,14,17-18,21,23-24,26H,2-3,6-7,10-13,15-16,19H2,1H3. The van der Waals surface area contributed by atoms with Crippen LogP contribution in [0.3, 0.4) is 0 Å². The minimum Gasteiger partial charge on any atom is -0.403 e. The third kappa shape index (κ3) is 7.44.